The van der Waals surface area contributed by atoms with E-state index in [1.807, 2.05) is 64.3 Å². The van der Waals surface area contributed by atoms with Crippen LogP contribution in [-0.4, -0.2) is 44.7 Å². The molecule has 0 bridgehead atoms. The van der Waals surface area contributed by atoms with Crippen molar-refractivity contribution in [1.82, 2.24) is 25.0 Å². The zero-order valence-corrected chi connectivity index (χ0v) is 17.8. The van der Waals surface area contributed by atoms with Crippen molar-refractivity contribution in [2.45, 2.75) is 38.3 Å². The van der Waals surface area contributed by atoms with Crippen molar-refractivity contribution in [3.05, 3.63) is 78.4 Å². The van der Waals surface area contributed by atoms with E-state index in [1.54, 1.807) is 12.4 Å². The van der Waals surface area contributed by atoms with Gasteiger partial charge in [0.15, 0.2) is 0 Å². The van der Waals surface area contributed by atoms with Crippen molar-refractivity contribution >= 4 is 18.3 Å². The van der Waals surface area contributed by atoms with Gasteiger partial charge in [0.25, 0.3) is 0 Å². The van der Waals surface area contributed by atoms with Crippen LogP contribution in [0.15, 0.2) is 67.1 Å². The lowest BCUT2D eigenvalue weighted by molar-refractivity contribution is -0.133. The smallest absolute Gasteiger partial charge is 0.227 e. The molecule has 30 heavy (non-hydrogen) atoms. The fraction of sp³-hybridized carbons (Fsp3) is 0.348. The van der Waals surface area contributed by atoms with Gasteiger partial charge in [-0.1, -0.05) is 24.3 Å². The molecule has 4 rings (SSSR count). The van der Waals surface area contributed by atoms with Crippen LogP contribution >= 0.6 is 12.4 Å². The molecule has 0 aliphatic carbocycles. The van der Waals surface area contributed by atoms with Crippen LogP contribution in [0.2, 0.25) is 0 Å². The zero-order valence-electron chi connectivity index (χ0n) is 17.0. The van der Waals surface area contributed by atoms with Crippen LogP contribution in [0.5, 0.6) is 0 Å². The second-order valence-corrected chi connectivity index (χ2v) is 7.48. The van der Waals surface area contributed by atoms with E-state index in [0.29, 0.717) is 13.0 Å². The summed E-state index contributed by atoms with van der Waals surface area (Å²) in [7, 11) is 0. The van der Waals surface area contributed by atoms with Gasteiger partial charge in [0, 0.05) is 18.4 Å². The van der Waals surface area contributed by atoms with E-state index >= 15 is 0 Å². The number of nitrogens with zero attached hydrogens (tertiary/aromatic N) is 4. The number of carbonyl (C=O) groups excluding carboxylic acids is 1. The highest BCUT2D eigenvalue weighted by molar-refractivity contribution is 5.85. The summed E-state index contributed by atoms with van der Waals surface area (Å²) in [5.41, 5.74) is 2.85. The fourth-order valence-electron chi connectivity index (χ4n) is 3.85. The summed E-state index contributed by atoms with van der Waals surface area (Å²) in [4.78, 5) is 19.8. The highest BCUT2D eigenvalue weighted by Crippen LogP contribution is 2.18. The molecule has 1 unspecified atom stereocenters. The highest BCUT2D eigenvalue weighted by atomic mass is 35.5. The Bertz CT molecular complexity index is 908. The maximum absolute atomic E-state index is 13.3. The number of aromatic nitrogens is 3. The minimum Gasteiger partial charge on any atom is -0.333 e. The summed E-state index contributed by atoms with van der Waals surface area (Å²) in [6.07, 6.45) is 8.96. The zero-order chi connectivity index (χ0) is 19.9. The Balaban J connectivity index is 0.00000256. The van der Waals surface area contributed by atoms with Crippen molar-refractivity contribution < 1.29 is 4.79 Å². The fourth-order valence-corrected chi connectivity index (χ4v) is 3.85. The molecule has 0 radical (unpaired) electrons. The maximum Gasteiger partial charge on any atom is 0.227 e. The molecule has 3 heterocycles. The quantitative estimate of drug-likeness (QED) is 0.657. The van der Waals surface area contributed by atoms with Gasteiger partial charge in [-0.2, -0.15) is 5.10 Å². The topological polar surface area (TPSA) is 63.1 Å². The number of amides is 1. The van der Waals surface area contributed by atoms with Crippen molar-refractivity contribution in [3.63, 3.8) is 0 Å². The van der Waals surface area contributed by atoms with Crippen molar-refractivity contribution in [2.75, 3.05) is 13.1 Å². The van der Waals surface area contributed by atoms with Crippen LogP contribution in [0.4, 0.5) is 0 Å². The molecule has 158 valence electrons. The lowest BCUT2D eigenvalue weighted by atomic mass is 10.1. The molecule has 7 heteroatoms. The van der Waals surface area contributed by atoms with Gasteiger partial charge in [-0.15, -0.1) is 12.4 Å². The van der Waals surface area contributed by atoms with Gasteiger partial charge in [-0.25, -0.2) is 4.68 Å². The van der Waals surface area contributed by atoms with E-state index in [0.717, 1.165) is 49.3 Å². The molecule has 1 amide bonds. The van der Waals surface area contributed by atoms with Gasteiger partial charge in [0.1, 0.15) is 0 Å². The highest BCUT2D eigenvalue weighted by Gasteiger charge is 2.25. The van der Waals surface area contributed by atoms with Crippen LogP contribution in [0, 0.1) is 0 Å². The Hall–Kier alpha value is -2.70. The monoisotopic (exact) mass is 425 g/mol. The van der Waals surface area contributed by atoms with Gasteiger partial charge in [0.2, 0.25) is 5.91 Å². The standard InChI is InChI=1S/C23H27N5O.ClH/c29-23(15-19-16-26-28(17-19)22-8-2-1-3-9-22)27(18-20-7-4-5-13-25-20)21-10-6-12-24-14-11-21;/h1-5,7-9,13,16-17,21,24H,6,10-12,14-15,18H2;1H. The second-order valence-electron chi connectivity index (χ2n) is 7.48. The van der Waals surface area contributed by atoms with Gasteiger partial charge < -0.3 is 10.2 Å². The average molecular weight is 426 g/mol. The second kappa shape index (κ2) is 10.9. The molecule has 2 aromatic heterocycles. The number of halogens is 1. The molecule has 1 aromatic carbocycles. The van der Waals surface area contributed by atoms with Crippen LogP contribution in [0.3, 0.4) is 0 Å². The third kappa shape index (κ3) is 5.68. The Morgan fingerprint density at radius 3 is 2.73 bits per heavy atom. The molecule has 1 aliphatic heterocycles. The molecule has 3 aromatic rings. The lowest BCUT2D eigenvalue weighted by Crippen LogP contribution is -2.41. The van der Waals surface area contributed by atoms with Crippen LogP contribution in [-0.2, 0) is 17.8 Å². The third-order valence-electron chi connectivity index (χ3n) is 5.38. The van der Waals surface area contributed by atoms with Crippen LogP contribution in [0.25, 0.3) is 5.69 Å². The van der Waals surface area contributed by atoms with Crippen LogP contribution in [0.1, 0.15) is 30.5 Å². The van der Waals surface area contributed by atoms with Gasteiger partial charge >= 0.3 is 0 Å². The first-order valence-corrected chi connectivity index (χ1v) is 10.3. The van der Waals surface area contributed by atoms with E-state index < -0.39 is 0 Å². The van der Waals surface area contributed by atoms with Gasteiger partial charge in [-0.05, 0) is 62.2 Å². The number of hydrogen-bond donors (Lipinski definition) is 1. The number of para-hydroxylation sites is 1. The molecule has 1 atom stereocenters. The maximum atomic E-state index is 13.3. The number of rotatable bonds is 6. The van der Waals surface area contributed by atoms with E-state index in [-0.39, 0.29) is 24.4 Å². The summed E-state index contributed by atoms with van der Waals surface area (Å²) in [5, 5.41) is 7.87. The van der Waals surface area contributed by atoms with Gasteiger partial charge in [-0.3, -0.25) is 9.78 Å². The third-order valence-corrected chi connectivity index (χ3v) is 5.38. The average Bonchev–Trinajstić information content (AvgIpc) is 3.06. The number of pyridine rings is 1. The molecule has 0 spiro atoms. The predicted octanol–water partition coefficient (Wildman–Crippen LogP) is 3.40. The summed E-state index contributed by atoms with van der Waals surface area (Å²) in [6.45, 7) is 2.52. The molecule has 1 N–H and O–H groups in total. The molecule has 1 saturated heterocycles. The SMILES string of the molecule is Cl.O=C(Cc1cnn(-c2ccccc2)c1)N(Cc1ccccn1)C1CCCNCC1. The summed E-state index contributed by atoms with van der Waals surface area (Å²) in [5.74, 6) is 0.134. The normalized spacial score (nSPS) is 16.3. The molecule has 6 nitrogen and oxygen atoms in total. The molecule has 1 aliphatic rings. The summed E-state index contributed by atoms with van der Waals surface area (Å²) < 4.78 is 1.82. The van der Waals surface area contributed by atoms with Crippen molar-refractivity contribution in [3.8, 4) is 5.69 Å². The van der Waals surface area contributed by atoms with Crippen molar-refractivity contribution in [1.29, 1.82) is 0 Å². The molecule has 1 fully saturated rings. The molecular weight excluding hydrogens is 398 g/mol. The Labute approximate surface area is 183 Å². The first-order chi connectivity index (χ1) is 14.3. The van der Waals surface area contributed by atoms with E-state index in [9.17, 15) is 4.79 Å². The summed E-state index contributed by atoms with van der Waals surface area (Å²) >= 11 is 0. The Morgan fingerprint density at radius 2 is 1.93 bits per heavy atom. The Morgan fingerprint density at radius 1 is 1.10 bits per heavy atom. The number of nitrogens with one attached hydrogen (secondary N) is 1. The number of benzene rings is 1. The first-order valence-electron chi connectivity index (χ1n) is 10.3. The van der Waals surface area contributed by atoms with E-state index in [1.165, 1.54) is 0 Å². The van der Waals surface area contributed by atoms with Crippen molar-refractivity contribution in [2.24, 2.45) is 0 Å². The minimum absolute atomic E-state index is 0. The minimum atomic E-state index is 0. The van der Waals surface area contributed by atoms with Crippen LogP contribution < -0.4 is 5.32 Å². The summed E-state index contributed by atoms with van der Waals surface area (Å²) in [6, 6.07) is 16.1. The lowest BCUT2D eigenvalue weighted by Gasteiger charge is -2.31. The number of hydrogen-bond acceptors (Lipinski definition) is 4. The van der Waals surface area contributed by atoms with Gasteiger partial charge in [0.05, 0.1) is 30.5 Å². The molecule has 0 saturated carbocycles. The first kappa shape index (κ1) is 22.0. The van der Waals surface area contributed by atoms with E-state index in [2.05, 4.69) is 15.4 Å². The van der Waals surface area contributed by atoms with E-state index in [4.69, 9.17) is 0 Å². The predicted molar refractivity (Wildman–Crippen MR) is 120 cm³/mol. The largest absolute Gasteiger partial charge is 0.333 e. The Kier molecular flexibility index (Phi) is 7.99. The molecular formula is C23H28ClN5O. The number of carbonyl (C=O) groups is 1.